The highest BCUT2D eigenvalue weighted by atomic mass is 32.2. The maximum Gasteiger partial charge on any atom is 0.262 e. The molecule has 5 rings (SSSR count). The van der Waals surface area contributed by atoms with Crippen molar-refractivity contribution in [3.8, 4) is 0 Å². The molecule has 1 saturated heterocycles. The second-order valence-electron chi connectivity index (χ2n) is 8.43. The molecule has 0 N–H and O–H groups in total. The van der Waals surface area contributed by atoms with Crippen molar-refractivity contribution in [2.75, 3.05) is 12.3 Å². The van der Waals surface area contributed by atoms with Crippen LogP contribution in [0.4, 0.5) is 0 Å². The minimum atomic E-state index is 0.0325. The van der Waals surface area contributed by atoms with Crippen molar-refractivity contribution in [3.05, 3.63) is 57.0 Å². The predicted octanol–water partition coefficient (Wildman–Crippen LogP) is 5.42. The lowest BCUT2D eigenvalue weighted by atomic mass is 9.95. The number of carbonyl (C=O) groups is 1. The molecule has 0 spiro atoms. The number of para-hydroxylation sites is 1. The molecule has 1 atom stereocenters. The first kappa shape index (κ1) is 20.8. The fourth-order valence-corrected chi connectivity index (χ4v) is 6.77. The van der Waals surface area contributed by atoms with Crippen LogP contribution in [0.5, 0.6) is 0 Å². The van der Waals surface area contributed by atoms with Crippen LogP contribution in [0.2, 0.25) is 0 Å². The van der Waals surface area contributed by atoms with Gasteiger partial charge in [0, 0.05) is 17.5 Å². The molecule has 0 unspecified atom stereocenters. The standard InChI is InChI=1S/C24H27N3O2S2/c28-22(26-14-6-12-20(26)21-13-7-15-30-21)16-31-24-25-19-11-5-4-10-18(19)23(29)27(24)17-8-2-1-3-9-17/h4-5,7,10-11,13,15,17,20H,1-3,6,8-9,12,14,16H2/t20-/m1/s1. The third kappa shape index (κ3) is 4.17. The number of hydrogen-bond acceptors (Lipinski definition) is 5. The first-order chi connectivity index (χ1) is 15.2. The summed E-state index contributed by atoms with van der Waals surface area (Å²) in [6.07, 6.45) is 7.60. The van der Waals surface area contributed by atoms with E-state index in [1.807, 2.05) is 33.7 Å². The average molecular weight is 454 g/mol. The van der Waals surface area contributed by atoms with Gasteiger partial charge in [0.05, 0.1) is 22.7 Å². The summed E-state index contributed by atoms with van der Waals surface area (Å²) < 4.78 is 1.89. The minimum Gasteiger partial charge on any atom is -0.334 e. The summed E-state index contributed by atoms with van der Waals surface area (Å²) in [4.78, 5) is 34.6. The summed E-state index contributed by atoms with van der Waals surface area (Å²) in [6, 6.07) is 12.1. The molecule has 1 aliphatic carbocycles. The van der Waals surface area contributed by atoms with Gasteiger partial charge in [-0.05, 0) is 49.3 Å². The highest BCUT2D eigenvalue weighted by Gasteiger charge is 2.31. The topological polar surface area (TPSA) is 55.2 Å². The van der Waals surface area contributed by atoms with Crippen molar-refractivity contribution in [1.29, 1.82) is 0 Å². The quantitative estimate of drug-likeness (QED) is 0.382. The number of amides is 1. The summed E-state index contributed by atoms with van der Waals surface area (Å²) in [5.74, 6) is 0.456. The third-order valence-electron chi connectivity index (χ3n) is 6.48. The molecule has 0 radical (unpaired) electrons. The van der Waals surface area contributed by atoms with Crippen molar-refractivity contribution < 1.29 is 4.79 Å². The van der Waals surface area contributed by atoms with E-state index in [1.165, 1.54) is 23.1 Å². The van der Waals surface area contributed by atoms with Crippen molar-refractivity contribution in [3.63, 3.8) is 0 Å². The largest absolute Gasteiger partial charge is 0.334 e. The highest BCUT2D eigenvalue weighted by molar-refractivity contribution is 7.99. The minimum absolute atomic E-state index is 0.0325. The Morgan fingerprint density at radius 2 is 1.90 bits per heavy atom. The first-order valence-electron chi connectivity index (χ1n) is 11.2. The molecule has 2 aliphatic rings. The zero-order valence-electron chi connectivity index (χ0n) is 17.5. The van der Waals surface area contributed by atoms with Crippen LogP contribution in [-0.2, 0) is 4.79 Å². The van der Waals surface area contributed by atoms with E-state index in [-0.39, 0.29) is 23.6 Å². The Balaban J connectivity index is 1.41. The van der Waals surface area contributed by atoms with Crippen molar-refractivity contribution in [2.24, 2.45) is 0 Å². The van der Waals surface area contributed by atoms with Crippen LogP contribution in [0.3, 0.4) is 0 Å². The van der Waals surface area contributed by atoms with Crippen molar-refractivity contribution >= 4 is 39.9 Å². The summed E-state index contributed by atoms with van der Waals surface area (Å²) in [5.41, 5.74) is 0.747. The van der Waals surface area contributed by atoms with E-state index in [9.17, 15) is 9.59 Å². The van der Waals surface area contributed by atoms with Crippen LogP contribution in [0.25, 0.3) is 10.9 Å². The maximum absolute atomic E-state index is 13.4. The Kier molecular flexibility index (Phi) is 6.14. The Bertz CT molecular complexity index is 1120. The summed E-state index contributed by atoms with van der Waals surface area (Å²) in [5, 5.41) is 3.43. The van der Waals surface area contributed by atoms with Gasteiger partial charge < -0.3 is 4.90 Å². The van der Waals surface area contributed by atoms with E-state index in [0.717, 1.165) is 45.1 Å². The molecule has 162 valence electrons. The van der Waals surface area contributed by atoms with Crippen LogP contribution in [-0.4, -0.2) is 32.7 Å². The molecule has 3 heterocycles. The van der Waals surface area contributed by atoms with Crippen LogP contribution >= 0.6 is 23.1 Å². The number of likely N-dealkylation sites (tertiary alicyclic amines) is 1. The number of thioether (sulfide) groups is 1. The van der Waals surface area contributed by atoms with Gasteiger partial charge in [0.1, 0.15) is 0 Å². The van der Waals surface area contributed by atoms with Gasteiger partial charge in [-0.25, -0.2) is 4.98 Å². The third-order valence-corrected chi connectivity index (χ3v) is 8.40. The Hall–Kier alpha value is -2.12. The summed E-state index contributed by atoms with van der Waals surface area (Å²) in [6.45, 7) is 0.808. The zero-order chi connectivity index (χ0) is 21.2. The molecule has 7 heteroatoms. The van der Waals surface area contributed by atoms with Crippen LogP contribution < -0.4 is 5.56 Å². The van der Waals surface area contributed by atoms with E-state index in [4.69, 9.17) is 4.98 Å². The molecule has 1 saturated carbocycles. The van der Waals surface area contributed by atoms with Crippen molar-refractivity contribution in [1.82, 2.24) is 14.5 Å². The Morgan fingerprint density at radius 1 is 1.06 bits per heavy atom. The number of rotatable bonds is 5. The number of benzene rings is 1. The number of nitrogens with zero attached hydrogens (tertiary/aromatic N) is 3. The first-order valence-corrected chi connectivity index (χ1v) is 13.1. The van der Waals surface area contributed by atoms with E-state index >= 15 is 0 Å². The lowest BCUT2D eigenvalue weighted by Crippen LogP contribution is -2.32. The fourth-order valence-electron chi connectivity index (χ4n) is 4.94. The number of aromatic nitrogens is 2. The summed E-state index contributed by atoms with van der Waals surface area (Å²) in [7, 11) is 0. The monoisotopic (exact) mass is 453 g/mol. The fraction of sp³-hybridized carbons (Fsp3) is 0.458. The van der Waals surface area contributed by atoms with Gasteiger partial charge in [0.15, 0.2) is 5.16 Å². The van der Waals surface area contributed by atoms with Gasteiger partial charge in [-0.1, -0.05) is 49.2 Å². The molecule has 1 aliphatic heterocycles. The van der Waals surface area contributed by atoms with Crippen LogP contribution in [0.15, 0.2) is 51.7 Å². The van der Waals surface area contributed by atoms with Crippen LogP contribution in [0.1, 0.15) is 61.9 Å². The average Bonchev–Trinajstić information content (AvgIpc) is 3.50. The number of thiophene rings is 1. The SMILES string of the molecule is O=C(CSc1nc2ccccc2c(=O)n1C1CCCCC1)N1CCC[C@@H]1c1cccs1. The van der Waals surface area contributed by atoms with Gasteiger partial charge in [-0.15, -0.1) is 11.3 Å². The van der Waals surface area contributed by atoms with Gasteiger partial charge in [-0.3, -0.25) is 14.2 Å². The molecule has 3 aromatic rings. The molecular weight excluding hydrogens is 426 g/mol. The zero-order valence-corrected chi connectivity index (χ0v) is 19.2. The lowest BCUT2D eigenvalue weighted by molar-refractivity contribution is -0.129. The Labute approximate surface area is 190 Å². The lowest BCUT2D eigenvalue weighted by Gasteiger charge is -2.27. The molecule has 31 heavy (non-hydrogen) atoms. The molecule has 2 aromatic heterocycles. The normalized spacial score (nSPS) is 19.9. The van der Waals surface area contributed by atoms with Gasteiger partial charge >= 0.3 is 0 Å². The number of fused-ring (bicyclic) bond motifs is 1. The molecule has 2 fully saturated rings. The van der Waals surface area contributed by atoms with E-state index < -0.39 is 0 Å². The number of hydrogen-bond donors (Lipinski definition) is 0. The molecule has 5 nitrogen and oxygen atoms in total. The van der Waals surface area contributed by atoms with Gasteiger partial charge in [-0.2, -0.15) is 0 Å². The predicted molar refractivity (Wildman–Crippen MR) is 127 cm³/mol. The summed E-state index contributed by atoms with van der Waals surface area (Å²) >= 11 is 3.15. The van der Waals surface area contributed by atoms with Gasteiger partial charge in [0.2, 0.25) is 5.91 Å². The van der Waals surface area contributed by atoms with Crippen molar-refractivity contribution in [2.45, 2.75) is 62.2 Å². The Morgan fingerprint density at radius 3 is 2.71 bits per heavy atom. The molecule has 1 amide bonds. The van der Waals surface area contributed by atoms with Crippen LogP contribution in [0, 0.1) is 0 Å². The van der Waals surface area contributed by atoms with E-state index in [2.05, 4.69) is 17.5 Å². The second-order valence-corrected chi connectivity index (χ2v) is 10.3. The van der Waals surface area contributed by atoms with E-state index in [0.29, 0.717) is 21.8 Å². The van der Waals surface area contributed by atoms with Gasteiger partial charge in [0.25, 0.3) is 5.56 Å². The molecular formula is C24H27N3O2S2. The highest BCUT2D eigenvalue weighted by Crippen LogP contribution is 2.36. The molecule has 1 aromatic carbocycles. The van der Waals surface area contributed by atoms with E-state index in [1.54, 1.807) is 11.3 Å². The smallest absolute Gasteiger partial charge is 0.262 e. The molecule has 0 bridgehead atoms. The maximum atomic E-state index is 13.4. The second kappa shape index (κ2) is 9.17. The number of carbonyl (C=O) groups excluding carboxylic acids is 1.